The normalized spacial score (nSPS) is 11.8. The van der Waals surface area contributed by atoms with Gasteiger partial charge in [-0.15, -0.1) is 0 Å². The van der Waals surface area contributed by atoms with Crippen LogP contribution in [0.3, 0.4) is 0 Å². The Balaban J connectivity index is 1.22. The van der Waals surface area contributed by atoms with E-state index in [0.29, 0.717) is 0 Å². The van der Waals surface area contributed by atoms with Crippen molar-refractivity contribution in [3.63, 3.8) is 0 Å². The van der Waals surface area contributed by atoms with Crippen molar-refractivity contribution >= 4 is 38.8 Å². The van der Waals surface area contributed by atoms with Crippen molar-refractivity contribution in [3.05, 3.63) is 188 Å². The monoisotopic (exact) mass is 579 g/mol. The van der Waals surface area contributed by atoms with Crippen LogP contribution in [-0.2, 0) is 0 Å². The number of fused-ring (bicyclic) bond motifs is 2. The molecule has 0 bridgehead atoms. The third kappa shape index (κ3) is 5.48. The van der Waals surface area contributed by atoms with Crippen molar-refractivity contribution < 1.29 is 0 Å². The Bertz CT molecular complexity index is 2160. The van der Waals surface area contributed by atoms with Gasteiger partial charge in [0.2, 0.25) is 0 Å². The van der Waals surface area contributed by atoms with Crippen LogP contribution in [0.5, 0.6) is 0 Å². The number of para-hydroxylation sites is 3. The average molecular weight is 580 g/mol. The summed E-state index contributed by atoms with van der Waals surface area (Å²) in [5, 5.41) is 2.38. The van der Waals surface area contributed by atoms with Gasteiger partial charge >= 0.3 is 0 Å². The summed E-state index contributed by atoms with van der Waals surface area (Å²) < 4.78 is 2.24. The highest BCUT2D eigenvalue weighted by atomic mass is 15.1. The fourth-order valence-corrected chi connectivity index (χ4v) is 5.93. The summed E-state index contributed by atoms with van der Waals surface area (Å²) in [6, 6.07) is 52.7. The first-order chi connectivity index (χ1) is 22.2. The van der Waals surface area contributed by atoms with Gasteiger partial charge in [-0.05, 0) is 72.0 Å². The smallest absolute Gasteiger partial charge is 0.145 e. The molecule has 0 saturated heterocycles. The Labute approximate surface area is 264 Å². The predicted octanol–water partition coefficient (Wildman–Crippen LogP) is 11.2. The van der Waals surface area contributed by atoms with E-state index in [9.17, 15) is 0 Å². The molecule has 3 nitrogen and oxygen atoms in total. The van der Waals surface area contributed by atoms with E-state index in [1.165, 1.54) is 10.8 Å². The van der Waals surface area contributed by atoms with Gasteiger partial charge in [-0.3, -0.25) is 4.57 Å². The highest BCUT2D eigenvalue weighted by Crippen LogP contribution is 2.36. The van der Waals surface area contributed by atoms with Gasteiger partial charge in [0.1, 0.15) is 5.82 Å². The van der Waals surface area contributed by atoms with Gasteiger partial charge in [-0.1, -0.05) is 128 Å². The second-order valence-electron chi connectivity index (χ2n) is 10.9. The number of benzene rings is 6. The van der Waals surface area contributed by atoms with Gasteiger partial charge in [0.25, 0.3) is 0 Å². The van der Waals surface area contributed by atoms with E-state index < -0.39 is 0 Å². The molecule has 0 aliphatic rings. The largest absolute Gasteiger partial charge is 0.310 e. The lowest BCUT2D eigenvalue weighted by Gasteiger charge is -2.27. The fraction of sp³-hybridized carbons (Fsp3) is 0.0238. The molecule has 7 aromatic rings. The molecule has 6 aromatic carbocycles. The Hall–Kier alpha value is -5.93. The van der Waals surface area contributed by atoms with Gasteiger partial charge < -0.3 is 4.90 Å². The van der Waals surface area contributed by atoms with Crippen LogP contribution >= 0.6 is 0 Å². The van der Waals surface area contributed by atoms with E-state index in [1.807, 2.05) is 18.2 Å². The molecule has 1 heterocycles. The van der Waals surface area contributed by atoms with Crippen LogP contribution in [-0.4, -0.2) is 9.55 Å². The number of imidazole rings is 1. The second kappa shape index (κ2) is 12.4. The summed E-state index contributed by atoms with van der Waals surface area (Å²) >= 11 is 0. The lowest BCUT2D eigenvalue weighted by Crippen LogP contribution is -2.14. The molecule has 0 atom stereocenters. The van der Waals surface area contributed by atoms with Crippen molar-refractivity contribution in [1.82, 2.24) is 9.55 Å². The van der Waals surface area contributed by atoms with Gasteiger partial charge in [0, 0.05) is 28.0 Å². The van der Waals surface area contributed by atoms with Crippen LogP contribution in [0.25, 0.3) is 44.5 Å². The molecule has 0 spiro atoms. The second-order valence-corrected chi connectivity index (χ2v) is 10.9. The first-order valence-corrected chi connectivity index (χ1v) is 15.2. The molecular formula is C42H33N3. The van der Waals surface area contributed by atoms with E-state index in [1.54, 1.807) is 0 Å². The summed E-state index contributed by atoms with van der Waals surface area (Å²) in [5.41, 5.74) is 9.51. The molecule has 0 aliphatic carbocycles. The topological polar surface area (TPSA) is 21.1 Å². The summed E-state index contributed by atoms with van der Waals surface area (Å²) in [4.78, 5) is 7.22. The minimum Gasteiger partial charge on any atom is -0.310 e. The van der Waals surface area contributed by atoms with Crippen LogP contribution in [0.1, 0.15) is 12.5 Å². The number of anilines is 2. The SMILES string of the molecule is C=C(/C=C\C(=C/C)c1ccc(-n2c(-c3ccccc3)nc3ccccc32)cc1)N(c1ccccc1)c1cccc2ccccc12. The van der Waals surface area contributed by atoms with Gasteiger partial charge in [-0.2, -0.15) is 0 Å². The van der Waals surface area contributed by atoms with Gasteiger partial charge in [-0.25, -0.2) is 4.98 Å². The fourth-order valence-electron chi connectivity index (χ4n) is 5.93. The molecule has 0 amide bonds. The molecular weight excluding hydrogens is 546 g/mol. The molecule has 3 heteroatoms. The Morgan fingerprint density at radius 2 is 1.33 bits per heavy atom. The van der Waals surface area contributed by atoms with E-state index in [0.717, 1.165) is 56.3 Å². The standard InChI is InChI=1S/C42H33N3/c1-3-32(26-25-31(2)44(36-19-8-5-9-20-36)40-24-14-18-34-15-10-11-21-38(34)40)33-27-29-37(30-28-33)45-41-23-13-12-22-39(41)43-42(45)35-16-6-4-7-17-35/h3-30H,2H2,1H3/b26-25-,32-3+. The van der Waals surface area contributed by atoms with E-state index in [2.05, 4.69) is 175 Å². The summed E-state index contributed by atoms with van der Waals surface area (Å²) in [6.45, 7) is 6.61. The van der Waals surface area contributed by atoms with Crippen molar-refractivity contribution in [2.45, 2.75) is 6.92 Å². The molecule has 0 N–H and O–H groups in total. The summed E-state index contributed by atoms with van der Waals surface area (Å²) in [6.07, 6.45) is 6.40. The number of hydrogen-bond acceptors (Lipinski definition) is 2. The minimum absolute atomic E-state index is 0.880. The highest BCUT2D eigenvalue weighted by Gasteiger charge is 2.16. The molecule has 0 unspecified atom stereocenters. The van der Waals surface area contributed by atoms with Crippen LogP contribution in [0.15, 0.2) is 182 Å². The number of aromatic nitrogens is 2. The van der Waals surface area contributed by atoms with E-state index in [-0.39, 0.29) is 0 Å². The first-order valence-electron chi connectivity index (χ1n) is 15.2. The maximum Gasteiger partial charge on any atom is 0.145 e. The van der Waals surface area contributed by atoms with E-state index in [4.69, 9.17) is 4.98 Å². The quantitative estimate of drug-likeness (QED) is 0.167. The van der Waals surface area contributed by atoms with E-state index >= 15 is 0 Å². The molecule has 0 aliphatic heterocycles. The molecule has 45 heavy (non-hydrogen) atoms. The third-order valence-corrected chi connectivity index (χ3v) is 8.13. The third-order valence-electron chi connectivity index (χ3n) is 8.13. The Kier molecular flexibility index (Phi) is 7.65. The molecule has 216 valence electrons. The first kappa shape index (κ1) is 27.9. The van der Waals surface area contributed by atoms with Crippen LogP contribution in [0.2, 0.25) is 0 Å². The number of allylic oxidation sites excluding steroid dienone is 4. The van der Waals surface area contributed by atoms with Crippen LogP contribution in [0.4, 0.5) is 11.4 Å². The van der Waals surface area contributed by atoms with Gasteiger partial charge in [0.05, 0.1) is 16.7 Å². The summed E-state index contributed by atoms with van der Waals surface area (Å²) in [7, 11) is 0. The summed E-state index contributed by atoms with van der Waals surface area (Å²) in [5.74, 6) is 0.932. The van der Waals surface area contributed by atoms with Crippen molar-refractivity contribution in [1.29, 1.82) is 0 Å². The lowest BCUT2D eigenvalue weighted by atomic mass is 10.0. The van der Waals surface area contributed by atoms with Crippen LogP contribution in [0, 0.1) is 0 Å². The highest BCUT2D eigenvalue weighted by molar-refractivity contribution is 5.97. The zero-order chi connectivity index (χ0) is 30.6. The van der Waals surface area contributed by atoms with Crippen molar-refractivity contribution in [2.75, 3.05) is 4.90 Å². The molecule has 0 saturated carbocycles. The number of hydrogen-bond donors (Lipinski definition) is 0. The minimum atomic E-state index is 0.880. The number of nitrogens with zero attached hydrogens (tertiary/aromatic N) is 3. The number of rotatable bonds is 8. The molecule has 0 fully saturated rings. The zero-order valence-electron chi connectivity index (χ0n) is 25.2. The van der Waals surface area contributed by atoms with Crippen molar-refractivity contribution in [3.8, 4) is 17.1 Å². The average Bonchev–Trinajstić information content (AvgIpc) is 3.50. The maximum atomic E-state index is 4.99. The molecule has 7 rings (SSSR count). The van der Waals surface area contributed by atoms with Crippen molar-refractivity contribution in [2.24, 2.45) is 0 Å². The predicted molar refractivity (Wildman–Crippen MR) is 191 cm³/mol. The maximum absolute atomic E-state index is 4.99. The Morgan fingerprint density at radius 3 is 2.11 bits per heavy atom. The molecule has 0 radical (unpaired) electrons. The Morgan fingerprint density at radius 1 is 0.667 bits per heavy atom. The molecule has 1 aromatic heterocycles. The zero-order valence-corrected chi connectivity index (χ0v) is 25.2. The van der Waals surface area contributed by atoms with Crippen LogP contribution < -0.4 is 4.90 Å². The lowest BCUT2D eigenvalue weighted by molar-refractivity contribution is 1.10. The van der Waals surface area contributed by atoms with Gasteiger partial charge in [0.15, 0.2) is 0 Å².